The summed E-state index contributed by atoms with van der Waals surface area (Å²) in [5.41, 5.74) is 3.15. The molecule has 1 fully saturated rings. The molecule has 1 atom stereocenters. The SMILES string of the molecule is CCNC1CCN(Cc2scnc2C)C1. The van der Waals surface area contributed by atoms with Crippen molar-refractivity contribution < 1.29 is 0 Å². The minimum atomic E-state index is 0.697. The number of hydrogen-bond acceptors (Lipinski definition) is 4. The van der Waals surface area contributed by atoms with Gasteiger partial charge in [0.05, 0.1) is 11.2 Å². The maximum absolute atomic E-state index is 4.29. The number of aryl methyl sites for hydroxylation is 1. The first-order valence-electron chi connectivity index (χ1n) is 5.64. The lowest BCUT2D eigenvalue weighted by molar-refractivity contribution is 0.323. The van der Waals surface area contributed by atoms with Gasteiger partial charge in [0.15, 0.2) is 0 Å². The molecule has 0 amide bonds. The summed E-state index contributed by atoms with van der Waals surface area (Å²) in [6.45, 7) is 8.84. The van der Waals surface area contributed by atoms with Crippen LogP contribution in [0.3, 0.4) is 0 Å². The standard InChI is InChI=1S/C11H19N3S/c1-3-12-10-4-5-14(6-10)7-11-9(2)13-8-15-11/h8,10,12H,3-7H2,1-2H3. The first-order chi connectivity index (χ1) is 7.29. The van der Waals surface area contributed by atoms with Gasteiger partial charge in [-0.25, -0.2) is 4.98 Å². The molecule has 1 aliphatic rings. The Morgan fingerprint density at radius 3 is 3.20 bits per heavy atom. The minimum absolute atomic E-state index is 0.697. The van der Waals surface area contributed by atoms with Crippen LogP contribution in [0.1, 0.15) is 23.9 Å². The van der Waals surface area contributed by atoms with E-state index in [1.165, 1.54) is 30.1 Å². The Morgan fingerprint density at radius 2 is 2.53 bits per heavy atom. The van der Waals surface area contributed by atoms with Crippen molar-refractivity contribution >= 4 is 11.3 Å². The van der Waals surface area contributed by atoms with E-state index in [9.17, 15) is 0 Å². The van der Waals surface area contributed by atoms with E-state index in [4.69, 9.17) is 0 Å². The van der Waals surface area contributed by atoms with Gasteiger partial charge in [-0.05, 0) is 19.9 Å². The zero-order chi connectivity index (χ0) is 10.7. The lowest BCUT2D eigenvalue weighted by Crippen LogP contribution is -2.32. The summed E-state index contributed by atoms with van der Waals surface area (Å²) in [6, 6.07) is 0.697. The van der Waals surface area contributed by atoms with Crippen LogP contribution in [0.25, 0.3) is 0 Å². The van der Waals surface area contributed by atoms with Gasteiger partial charge in [0.25, 0.3) is 0 Å². The van der Waals surface area contributed by atoms with E-state index in [0.717, 1.165) is 13.1 Å². The summed E-state index contributed by atoms with van der Waals surface area (Å²) < 4.78 is 0. The second-order valence-electron chi connectivity index (χ2n) is 4.14. The normalized spacial score (nSPS) is 22.4. The Balaban J connectivity index is 1.85. The lowest BCUT2D eigenvalue weighted by atomic mass is 10.3. The molecule has 0 spiro atoms. The topological polar surface area (TPSA) is 28.2 Å². The van der Waals surface area contributed by atoms with Gasteiger partial charge in [0, 0.05) is 30.6 Å². The fourth-order valence-corrected chi connectivity index (χ4v) is 2.93. The van der Waals surface area contributed by atoms with E-state index in [-0.39, 0.29) is 0 Å². The predicted octanol–water partition coefficient (Wildman–Crippen LogP) is 1.64. The highest BCUT2D eigenvalue weighted by Gasteiger charge is 2.22. The van der Waals surface area contributed by atoms with Gasteiger partial charge in [-0.15, -0.1) is 11.3 Å². The number of aromatic nitrogens is 1. The molecule has 15 heavy (non-hydrogen) atoms. The molecule has 0 aliphatic carbocycles. The number of rotatable bonds is 4. The number of nitrogens with one attached hydrogen (secondary N) is 1. The van der Waals surface area contributed by atoms with Crippen molar-refractivity contribution in [3.05, 3.63) is 16.1 Å². The minimum Gasteiger partial charge on any atom is -0.313 e. The predicted molar refractivity (Wildman–Crippen MR) is 64.2 cm³/mol. The smallest absolute Gasteiger partial charge is 0.0798 e. The highest BCUT2D eigenvalue weighted by molar-refractivity contribution is 7.09. The number of likely N-dealkylation sites (N-methyl/N-ethyl adjacent to an activating group) is 1. The maximum atomic E-state index is 4.29. The molecule has 84 valence electrons. The molecule has 1 N–H and O–H groups in total. The quantitative estimate of drug-likeness (QED) is 0.844. The third-order valence-corrected chi connectivity index (χ3v) is 3.90. The second-order valence-corrected chi connectivity index (χ2v) is 5.08. The Morgan fingerprint density at radius 1 is 1.67 bits per heavy atom. The van der Waals surface area contributed by atoms with Gasteiger partial charge in [-0.3, -0.25) is 4.90 Å². The van der Waals surface area contributed by atoms with Crippen LogP contribution in [-0.2, 0) is 6.54 Å². The summed E-state index contributed by atoms with van der Waals surface area (Å²) in [7, 11) is 0. The molecule has 1 saturated heterocycles. The highest BCUT2D eigenvalue weighted by Crippen LogP contribution is 2.18. The monoisotopic (exact) mass is 225 g/mol. The number of hydrogen-bond donors (Lipinski definition) is 1. The van der Waals surface area contributed by atoms with Gasteiger partial charge in [0.2, 0.25) is 0 Å². The summed E-state index contributed by atoms with van der Waals surface area (Å²) in [5.74, 6) is 0. The largest absolute Gasteiger partial charge is 0.313 e. The van der Waals surface area contributed by atoms with Crippen molar-refractivity contribution in [2.24, 2.45) is 0 Å². The Kier molecular flexibility index (Phi) is 3.72. The first kappa shape index (κ1) is 11.0. The van der Waals surface area contributed by atoms with E-state index >= 15 is 0 Å². The third kappa shape index (κ3) is 2.77. The molecule has 1 aliphatic heterocycles. The molecular formula is C11H19N3S. The molecule has 4 heteroatoms. The Bertz CT molecular complexity index is 311. The zero-order valence-electron chi connectivity index (χ0n) is 9.49. The second kappa shape index (κ2) is 5.05. The molecule has 1 aromatic heterocycles. The van der Waals surface area contributed by atoms with Crippen LogP contribution >= 0.6 is 11.3 Å². The van der Waals surface area contributed by atoms with Crippen molar-refractivity contribution in [1.82, 2.24) is 15.2 Å². The van der Waals surface area contributed by atoms with Crippen molar-refractivity contribution in [2.45, 2.75) is 32.9 Å². The van der Waals surface area contributed by atoms with Crippen LogP contribution in [0.2, 0.25) is 0 Å². The van der Waals surface area contributed by atoms with Gasteiger partial charge < -0.3 is 5.32 Å². The van der Waals surface area contributed by atoms with Crippen LogP contribution in [0, 0.1) is 6.92 Å². The number of thiazole rings is 1. The van der Waals surface area contributed by atoms with Crippen molar-refractivity contribution in [2.75, 3.05) is 19.6 Å². The van der Waals surface area contributed by atoms with E-state index in [2.05, 4.69) is 29.0 Å². The maximum Gasteiger partial charge on any atom is 0.0798 e. The number of likely N-dealkylation sites (tertiary alicyclic amines) is 1. The van der Waals surface area contributed by atoms with Gasteiger partial charge in [0.1, 0.15) is 0 Å². The van der Waals surface area contributed by atoms with Crippen LogP contribution in [0.5, 0.6) is 0 Å². The molecule has 0 bridgehead atoms. The molecule has 1 aromatic rings. The molecule has 0 aromatic carbocycles. The average molecular weight is 225 g/mol. The van der Waals surface area contributed by atoms with E-state index in [1.807, 2.05) is 5.51 Å². The van der Waals surface area contributed by atoms with Gasteiger partial charge in [-0.1, -0.05) is 6.92 Å². The summed E-state index contributed by atoms with van der Waals surface area (Å²) in [5, 5.41) is 3.51. The third-order valence-electron chi connectivity index (χ3n) is 2.98. The van der Waals surface area contributed by atoms with Crippen LogP contribution < -0.4 is 5.32 Å². The summed E-state index contributed by atoms with van der Waals surface area (Å²) >= 11 is 1.78. The first-order valence-corrected chi connectivity index (χ1v) is 6.52. The Hall–Kier alpha value is -0.450. The molecule has 3 nitrogen and oxygen atoms in total. The van der Waals surface area contributed by atoms with Crippen molar-refractivity contribution in [3.8, 4) is 0 Å². The molecule has 0 saturated carbocycles. The molecule has 1 unspecified atom stereocenters. The highest BCUT2D eigenvalue weighted by atomic mass is 32.1. The zero-order valence-corrected chi connectivity index (χ0v) is 10.3. The molecule has 2 rings (SSSR count). The summed E-state index contributed by atoms with van der Waals surface area (Å²) in [6.07, 6.45) is 1.28. The van der Waals surface area contributed by atoms with Crippen LogP contribution in [0.15, 0.2) is 5.51 Å². The van der Waals surface area contributed by atoms with E-state index in [0.29, 0.717) is 6.04 Å². The fourth-order valence-electron chi connectivity index (χ4n) is 2.11. The average Bonchev–Trinajstić information content (AvgIpc) is 2.79. The lowest BCUT2D eigenvalue weighted by Gasteiger charge is -2.15. The number of nitrogens with zero attached hydrogens (tertiary/aromatic N) is 2. The van der Waals surface area contributed by atoms with Gasteiger partial charge >= 0.3 is 0 Å². The van der Waals surface area contributed by atoms with Gasteiger partial charge in [-0.2, -0.15) is 0 Å². The van der Waals surface area contributed by atoms with Crippen LogP contribution in [0.4, 0.5) is 0 Å². The fraction of sp³-hybridized carbons (Fsp3) is 0.727. The van der Waals surface area contributed by atoms with Crippen LogP contribution in [-0.4, -0.2) is 35.6 Å². The Labute approximate surface area is 95.5 Å². The molecular weight excluding hydrogens is 206 g/mol. The molecule has 2 heterocycles. The van der Waals surface area contributed by atoms with Crippen molar-refractivity contribution in [1.29, 1.82) is 0 Å². The molecule has 0 radical (unpaired) electrons. The van der Waals surface area contributed by atoms with E-state index < -0.39 is 0 Å². The summed E-state index contributed by atoms with van der Waals surface area (Å²) in [4.78, 5) is 8.24. The van der Waals surface area contributed by atoms with E-state index in [1.54, 1.807) is 11.3 Å². The van der Waals surface area contributed by atoms with Crippen molar-refractivity contribution in [3.63, 3.8) is 0 Å².